The van der Waals surface area contributed by atoms with Crippen LogP contribution < -0.4 is 19.7 Å². The molecule has 5 rings (SSSR count). The summed E-state index contributed by atoms with van der Waals surface area (Å²) in [6, 6.07) is 15.9. The van der Waals surface area contributed by atoms with Crippen molar-refractivity contribution in [1.82, 2.24) is 4.57 Å². The third-order valence-corrected chi connectivity index (χ3v) is 8.12. The SMILES string of the molecule is CCN1C=C/C(=C/C=c2sc(=C3Sc4ccccc4C3=O)n(CC)c2=O)c2ccccc21. The highest BCUT2D eigenvalue weighted by molar-refractivity contribution is 8.10. The van der Waals surface area contributed by atoms with Crippen LogP contribution in [0.1, 0.15) is 29.8 Å². The van der Waals surface area contributed by atoms with Gasteiger partial charge in [0.2, 0.25) is 5.78 Å². The highest BCUT2D eigenvalue weighted by atomic mass is 32.2. The van der Waals surface area contributed by atoms with Gasteiger partial charge in [-0.1, -0.05) is 48.2 Å². The van der Waals surface area contributed by atoms with Crippen LogP contribution in [0.2, 0.25) is 0 Å². The van der Waals surface area contributed by atoms with Gasteiger partial charge in [-0.05, 0) is 49.8 Å². The Bertz CT molecular complexity index is 1470. The van der Waals surface area contributed by atoms with Crippen molar-refractivity contribution in [2.24, 2.45) is 0 Å². The lowest BCUT2D eigenvalue weighted by atomic mass is 9.99. The van der Waals surface area contributed by atoms with Gasteiger partial charge in [-0.2, -0.15) is 0 Å². The van der Waals surface area contributed by atoms with Crippen LogP contribution in [0.25, 0.3) is 16.6 Å². The van der Waals surface area contributed by atoms with E-state index in [4.69, 9.17) is 0 Å². The lowest BCUT2D eigenvalue weighted by molar-refractivity contribution is 0.105. The predicted octanol–water partition coefficient (Wildman–Crippen LogP) is 4.24. The van der Waals surface area contributed by atoms with Crippen LogP contribution in [-0.2, 0) is 6.54 Å². The molecule has 6 heteroatoms. The van der Waals surface area contributed by atoms with E-state index in [2.05, 4.69) is 36.2 Å². The average Bonchev–Trinajstić information content (AvgIpc) is 3.33. The minimum absolute atomic E-state index is 0.00255. The fourth-order valence-electron chi connectivity index (χ4n) is 4.05. The lowest BCUT2D eigenvalue weighted by Crippen LogP contribution is -2.31. The Kier molecular flexibility index (Phi) is 5.49. The summed E-state index contributed by atoms with van der Waals surface area (Å²) in [7, 11) is 0. The molecule has 0 saturated carbocycles. The van der Waals surface area contributed by atoms with Gasteiger partial charge in [-0.3, -0.25) is 14.2 Å². The van der Waals surface area contributed by atoms with E-state index in [0.717, 1.165) is 32.9 Å². The van der Waals surface area contributed by atoms with Crippen LogP contribution in [0.3, 0.4) is 0 Å². The van der Waals surface area contributed by atoms with E-state index in [0.29, 0.717) is 21.5 Å². The van der Waals surface area contributed by atoms with E-state index >= 15 is 0 Å². The Morgan fingerprint density at radius 2 is 1.66 bits per heavy atom. The van der Waals surface area contributed by atoms with Gasteiger partial charge in [0.15, 0.2) is 0 Å². The van der Waals surface area contributed by atoms with Crippen molar-refractivity contribution in [1.29, 1.82) is 0 Å². The standard InChI is InChI=1S/C26H22N2O2S2/c1-3-27-16-15-17(18-9-5-7-11-20(18)27)13-14-22-25(30)28(4-2)26(32-22)24-23(29)19-10-6-8-12-21(19)31-24/h5-16H,3-4H2,1-2H3/b17-13-,22-14?,26-24?. The molecule has 0 bridgehead atoms. The number of allylic oxidation sites excluding steroid dienone is 3. The zero-order valence-electron chi connectivity index (χ0n) is 17.9. The zero-order chi connectivity index (χ0) is 22.2. The Hall–Kier alpha value is -3.09. The maximum atomic E-state index is 13.1. The second-order valence-corrected chi connectivity index (χ2v) is 9.57. The van der Waals surface area contributed by atoms with Crippen LogP contribution in [0, 0.1) is 0 Å². The smallest absolute Gasteiger partial charge is 0.269 e. The molecule has 0 aliphatic carbocycles. The molecule has 2 aliphatic heterocycles. The first-order valence-corrected chi connectivity index (χ1v) is 12.3. The quantitative estimate of drug-likeness (QED) is 0.589. The summed E-state index contributed by atoms with van der Waals surface area (Å²) in [6.07, 6.45) is 8.05. The molecule has 3 heterocycles. The largest absolute Gasteiger partial charge is 0.348 e. The molecule has 3 aromatic rings. The Labute approximate surface area is 194 Å². The van der Waals surface area contributed by atoms with E-state index in [-0.39, 0.29) is 11.3 Å². The summed E-state index contributed by atoms with van der Waals surface area (Å²) in [5.41, 5.74) is 4.04. The number of thiazole rings is 1. The molecular formula is C26H22N2O2S2. The second kappa shape index (κ2) is 8.45. The number of benzene rings is 2. The van der Waals surface area contributed by atoms with Crippen molar-refractivity contribution in [2.45, 2.75) is 25.3 Å². The Morgan fingerprint density at radius 1 is 0.906 bits per heavy atom. The summed E-state index contributed by atoms with van der Waals surface area (Å²) in [4.78, 5) is 29.9. The van der Waals surface area contributed by atoms with Crippen molar-refractivity contribution in [3.63, 3.8) is 0 Å². The molecule has 0 radical (unpaired) electrons. The first kappa shape index (κ1) is 20.8. The normalized spacial score (nSPS) is 18.4. The number of para-hydroxylation sites is 1. The number of thioether (sulfide) groups is 1. The minimum Gasteiger partial charge on any atom is -0.348 e. The first-order valence-electron chi connectivity index (χ1n) is 10.6. The maximum Gasteiger partial charge on any atom is 0.269 e. The molecule has 0 fully saturated rings. The fourth-order valence-corrected chi connectivity index (χ4v) is 6.38. The highest BCUT2D eigenvalue weighted by Crippen LogP contribution is 2.40. The van der Waals surface area contributed by atoms with E-state index in [1.807, 2.05) is 55.5 Å². The van der Waals surface area contributed by atoms with Gasteiger partial charge in [0.05, 0.1) is 9.44 Å². The molecule has 32 heavy (non-hydrogen) atoms. The van der Waals surface area contributed by atoms with Crippen LogP contribution in [0.4, 0.5) is 5.69 Å². The zero-order valence-corrected chi connectivity index (χ0v) is 19.5. The van der Waals surface area contributed by atoms with Crippen LogP contribution in [-0.4, -0.2) is 16.9 Å². The molecule has 160 valence electrons. The summed E-state index contributed by atoms with van der Waals surface area (Å²) < 4.78 is 3.09. The summed E-state index contributed by atoms with van der Waals surface area (Å²) >= 11 is 2.85. The fraction of sp³-hybridized carbons (Fsp3) is 0.154. The van der Waals surface area contributed by atoms with Gasteiger partial charge < -0.3 is 4.90 Å². The second-order valence-electron chi connectivity index (χ2n) is 7.48. The van der Waals surface area contributed by atoms with Crippen LogP contribution >= 0.6 is 23.1 Å². The number of carbonyl (C=O) groups is 1. The van der Waals surface area contributed by atoms with Gasteiger partial charge in [0.25, 0.3) is 5.56 Å². The van der Waals surface area contributed by atoms with Gasteiger partial charge in [0.1, 0.15) is 4.66 Å². The van der Waals surface area contributed by atoms with Crippen molar-refractivity contribution < 1.29 is 4.79 Å². The minimum atomic E-state index is -0.0514. The van der Waals surface area contributed by atoms with Crippen LogP contribution in [0.15, 0.2) is 76.6 Å². The molecule has 0 atom stereocenters. The summed E-state index contributed by atoms with van der Waals surface area (Å²) in [5.74, 6) is 0.00255. The molecule has 0 spiro atoms. The monoisotopic (exact) mass is 458 g/mol. The molecule has 0 N–H and O–H groups in total. The lowest BCUT2D eigenvalue weighted by Gasteiger charge is -2.26. The van der Waals surface area contributed by atoms with E-state index < -0.39 is 0 Å². The number of carbonyl (C=O) groups excluding carboxylic acids is 1. The first-order chi connectivity index (χ1) is 15.6. The van der Waals surface area contributed by atoms with Gasteiger partial charge in [-0.15, -0.1) is 11.3 Å². The number of fused-ring (bicyclic) bond motifs is 2. The Morgan fingerprint density at radius 3 is 2.41 bits per heavy atom. The third kappa shape index (κ3) is 3.40. The number of ketones is 1. The van der Waals surface area contributed by atoms with Gasteiger partial charge in [-0.25, -0.2) is 0 Å². The number of Topliss-reactive ketones (excluding diaryl/α,β-unsaturated/α-hetero) is 1. The highest BCUT2D eigenvalue weighted by Gasteiger charge is 2.27. The third-order valence-electron chi connectivity index (χ3n) is 5.68. The van der Waals surface area contributed by atoms with Crippen molar-refractivity contribution in [3.8, 4) is 0 Å². The number of rotatable bonds is 3. The number of hydrogen-bond acceptors (Lipinski definition) is 5. The molecule has 1 aromatic heterocycles. The van der Waals surface area contributed by atoms with E-state index in [9.17, 15) is 9.59 Å². The summed E-state index contributed by atoms with van der Waals surface area (Å²) in [6.45, 7) is 5.49. The molecule has 0 amide bonds. The number of anilines is 1. The van der Waals surface area contributed by atoms with Gasteiger partial charge in [0, 0.05) is 41.0 Å². The summed E-state index contributed by atoms with van der Waals surface area (Å²) in [5, 5.41) is 0. The van der Waals surface area contributed by atoms with E-state index in [1.54, 1.807) is 4.57 Å². The number of hydrogen-bond donors (Lipinski definition) is 0. The maximum absolute atomic E-state index is 13.1. The van der Waals surface area contributed by atoms with Crippen molar-refractivity contribution in [3.05, 3.63) is 97.6 Å². The molecule has 4 nitrogen and oxygen atoms in total. The predicted molar refractivity (Wildman–Crippen MR) is 135 cm³/mol. The number of aromatic nitrogens is 1. The van der Waals surface area contributed by atoms with E-state index in [1.165, 1.54) is 23.1 Å². The molecule has 2 aromatic carbocycles. The topological polar surface area (TPSA) is 42.3 Å². The average molecular weight is 459 g/mol. The van der Waals surface area contributed by atoms with Crippen molar-refractivity contribution in [2.75, 3.05) is 11.4 Å². The number of nitrogens with zero attached hydrogens (tertiary/aromatic N) is 2. The Balaban J connectivity index is 1.64. The molecule has 2 aliphatic rings. The van der Waals surface area contributed by atoms with Gasteiger partial charge >= 0.3 is 0 Å². The molecule has 0 unspecified atom stereocenters. The van der Waals surface area contributed by atoms with Crippen LogP contribution in [0.5, 0.6) is 0 Å². The molecular weight excluding hydrogens is 436 g/mol. The van der Waals surface area contributed by atoms with Crippen molar-refractivity contribution >= 4 is 51.1 Å². The molecule has 0 saturated heterocycles.